The Kier molecular flexibility index (Phi) is 6.07. The normalized spacial score (nSPS) is 16.5. The largest absolute Gasteiger partial charge is 0.417 e. The number of benzene rings is 1. The molecule has 0 aliphatic carbocycles. The van der Waals surface area contributed by atoms with Gasteiger partial charge < -0.3 is 10.2 Å². The minimum absolute atomic E-state index is 0.0688. The Balaban J connectivity index is 1.75. The molecule has 0 saturated heterocycles. The maximum absolute atomic E-state index is 12.8. The molecule has 4 nitrogen and oxygen atoms in total. The van der Waals surface area contributed by atoms with Gasteiger partial charge in [0.25, 0.3) is 0 Å². The van der Waals surface area contributed by atoms with Crippen LogP contribution in [-0.4, -0.2) is 16.9 Å². The first kappa shape index (κ1) is 20.8. The van der Waals surface area contributed by atoms with Crippen molar-refractivity contribution in [2.24, 2.45) is 0 Å². The summed E-state index contributed by atoms with van der Waals surface area (Å²) in [6.45, 7) is 0.107. The molecule has 1 unspecified atom stereocenters. The number of hydrogen-bond acceptors (Lipinski definition) is 3. The summed E-state index contributed by atoms with van der Waals surface area (Å²) in [7, 11) is 0. The third-order valence-corrected chi connectivity index (χ3v) is 5.14. The van der Waals surface area contributed by atoms with Crippen LogP contribution >= 0.6 is 34.8 Å². The zero-order valence-corrected chi connectivity index (χ0v) is 16.4. The van der Waals surface area contributed by atoms with Crippen LogP contribution < -0.4 is 10.2 Å². The van der Waals surface area contributed by atoms with Crippen LogP contribution in [0.1, 0.15) is 17.5 Å². The SMILES string of the molecule is O=C(NCc1c(Cl)cccc1Cl)C1CC=CN1c1ncc(C(F)(F)F)cc1Cl. The molecule has 3 rings (SSSR count). The van der Waals surface area contributed by atoms with Crippen LogP contribution in [0, 0.1) is 0 Å². The molecule has 1 aliphatic rings. The number of carbonyl (C=O) groups excluding carboxylic acids is 1. The van der Waals surface area contributed by atoms with Crippen molar-refractivity contribution in [3.63, 3.8) is 0 Å². The van der Waals surface area contributed by atoms with Crippen molar-refractivity contribution in [3.8, 4) is 0 Å². The van der Waals surface area contributed by atoms with Gasteiger partial charge in [-0.15, -0.1) is 0 Å². The monoisotopic (exact) mass is 449 g/mol. The number of anilines is 1. The summed E-state index contributed by atoms with van der Waals surface area (Å²) < 4.78 is 38.4. The maximum atomic E-state index is 12.8. The van der Waals surface area contributed by atoms with Gasteiger partial charge in [-0.25, -0.2) is 4.98 Å². The van der Waals surface area contributed by atoms with Crippen LogP contribution in [0.15, 0.2) is 42.7 Å². The highest BCUT2D eigenvalue weighted by molar-refractivity contribution is 6.36. The lowest BCUT2D eigenvalue weighted by molar-refractivity contribution is -0.137. The highest BCUT2D eigenvalue weighted by atomic mass is 35.5. The molecular weight excluding hydrogens is 438 g/mol. The number of carbonyl (C=O) groups is 1. The summed E-state index contributed by atoms with van der Waals surface area (Å²) in [4.78, 5) is 17.9. The standard InChI is InChI=1S/C18H13Cl3F3N3O/c19-12-3-1-4-13(20)11(12)9-26-17(28)15-5-2-6-27(15)16-14(21)7-10(8-25-16)18(22,23)24/h1-4,6-8,15H,5,9H2,(H,26,28). The van der Waals surface area contributed by atoms with Crippen molar-refractivity contribution < 1.29 is 18.0 Å². The van der Waals surface area contributed by atoms with Gasteiger partial charge in [0.1, 0.15) is 6.04 Å². The molecule has 0 bridgehead atoms. The lowest BCUT2D eigenvalue weighted by Gasteiger charge is -2.25. The summed E-state index contributed by atoms with van der Waals surface area (Å²) in [5.74, 6) is -0.293. The van der Waals surface area contributed by atoms with E-state index < -0.39 is 17.8 Å². The van der Waals surface area contributed by atoms with Crippen molar-refractivity contribution >= 4 is 46.5 Å². The predicted molar refractivity (Wildman–Crippen MR) is 103 cm³/mol. The predicted octanol–water partition coefficient (Wildman–Crippen LogP) is 5.47. The van der Waals surface area contributed by atoms with E-state index in [4.69, 9.17) is 34.8 Å². The number of nitrogens with one attached hydrogen (secondary N) is 1. The van der Waals surface area contributed by atoms with Gasteiger partial charge in [-0.2, -0.15) is 13.2 Å². The second kappa shape index (κ2) is 8.19. The van der Waals surface area contributed by atoms with Gasteiger partial charge in [-0.1, -0.05) is 46.9 Å². The first-order chi connectivity index (χ1) is 13.2. The first-order valence-corrected chi connectivity index (χ1v) is 9.20. The number of alkyl halides is 3. The Morgan fingerprint density at radius 2 is 1.89 bits per heavy atom. The number of pyridine rings is 1. The van der Waals surface area contributed by atoms with Crippen molar-refractivity contribution in [2.45, 2.75) is 25.2 Å². The third-order valence-electron chi connectivity index (χ3n) is 4.16. The van der Waals surface area contributed by atoms with Crippen LogP contribution in [0.25, 0.3) is 0 Å². The van der Waals surface area contributed by atoms with Gasteiger partial charge in [-0.3, -0.25) is 4.79 Å². The number of halogens is 6. The highest BCUT2D eigenvalue weighted by Crippen LogP contribution is 2.35. The quantitative estimate of drug-likeness (QED) is 0.672. The molecule has 1 N–H and O–H groups in total. The molecule has 0 spiro atoms. The Morgan fingerprint density at radius 3 is 2.50 bits per heavy atom. The molecule has 0 saturated carbocycles. The van der Waals surface area contributed by atoms with E-state index >= 15 is 0 Å². The first-order valence-electron chi connectivity index (χ1n) is 8.07. The second-order valence-corrected chi connectivity index (χ2v) is 7.21. The van der Waals surface area contributed by atoms with E-state index in [9.17, 15) is 18.0 Å². The number of nitrogens with zero attached hydrogens (tertiary/aromatic N) is 2. The van der Waals surface area contributed by atoms with Gasteiger partial charge in [0.15, 0.2) is 5.82 Å². The van der Waals surface area contributed by atoms with Gasteiger partial charge in [0.2, 0.25) is 5.91 Å². The van der Waals surface area contributed by atoms with Gasteiger partial charge in [0, 0.05) is 34.6 Å². The fraction of sp³-hybridized carbons (Fsp3) is 0.222. The lowest BCUT2D eigenvalue weighted by atomic mass is 10.1. The molecule has 28 heavy (non-hydrogen) atoms. The van der Waals surface area contributed by atoms with Crippen molar-refractivity contribution in [1.82, 2.24) is 10.3 Å². The number of rotatable bonds is 4. The topological polar surface area (TPSA) is 45.2 Å². The summed E-state index contributed by atoms with van der Waals surface area (Å²) in [5, 5.41) is 3.37. The van der Waals surface area contributed by atoms with Crippen LogP contribution in [0.3, 0.4) is 0 Å². The smallest absolute Gasteiger partial charge is 0.350 e. The number of aromatic nitrogens is 1. The molecule has 10 heteroatoms. The second-order valence-electron chi connectivity index (χ2n) is 5.99. The minimum atomic E-state index is -4.55. The molecule has 148 valence electrons. The molecule has 1 atom stereocenters. The molecule has 1 aromatic carbocycles. The lowest BCUT2D eigenvalue weighted by Crippen LogP contribution is -2.42. The van der Waals surface area contributed by atoms with E-state index in [1.807, 2.05) is 0 Å². The van der Waals surface area contributed by atoms with Crippen molar-refractivity contribution in [1.29, 1.82) is 0 Å². The average Bonchev–Trinajstić information content (AvgIpc) is 3.09. The minimum Gasteiger partial charge on any atom is -0.350 e. The number of amides is 1. The Hall–Kier alpha value is -1.96. The molecule has 1 aliphatic heterocycles. The summed E-state index contributed by atoms with van der Waals surface area (Å²) >= 11 is 18.2. The zero-order valence-electron chi connectivity index (χ0n) is 14.1. The molecule has 0 radical (unpaired) electrons. The van der Waals surface area contributed by atoms with E-state index in [2.05, 4.69) is 10.3 Å². The molecular formula is C18H13Cl3F3N3O. The fourth-order valence-corrected chi connectivity index (χ4v) is 3.54. The Morgan fingerprint density at radius 1 is 1.21 bits per heavy atom. The third kappa shape index (κ3) is 4.37. The van der Waals surface area contributed by atoms with E-state index in [1.165, 1.54) is 4.90 Å². The van der Waals surface area contributed by atoms with Crippen molar-refractivity contribution in [2.75, 3.05) is 4.90 Å². The van der Waals surface area contributed by atoms with Crippen LogP contribution in [0.4, 0.5) is 19.0 Å². The van der Waals surface area contributed by atoms with Gasteiger partial charge in [-0.05, 0) is 24.6 Å². The molecule has 2 aromatic rings. The number of hydrogen-bond donors (Lipinski definition) is 1. The molecule has 1 amide bonds. The van der Waals surface area contributed by atoms with Crippen LogP contribution in [-0.2, 0) is 17.5 Å². The fourth-order valence-electron chi connectivity index (χ4n) is 2.74. The van der Waals surface area contributed by atoms with Crippen LogP contribution in [0.2, 0.25) is 15.1 Å². The highest BCUT2D eigenvalue weighted by Gasteiger charge is 2.34. The van der Waals surface area contributed by atoms with E-state index in [1.54, 1.807) is 30.5 Å². The van der Waals surface area contributed by atoms with E-state index in [-0.39, 0.29) is 23.3 Å². The van der Waals surface area contributed by atoms with Crippen molar-refractivity contribution in [3.05, 3.63) is 68.9 Å². The Bertz CT molecular complexity index is 914. The molecule has 2 heterocycles. The summed E-state index contributed by atoms with van der Waals surface area (Å²) in [6.07, 6.45) is -0.245. The summed E-state index contributed by atoms with van der Waals surface area (Å²) in [6, 6.07) is 5.09. The Labute approximate surface area is 173 Å². The van der Waals surface area contributed by atoms with Gasteiger partial charge in [0.05, 0.1) is 10.6 Å². The maximum Gasteiger partial charge on any atom is 0.417 e. The van der Waals surface area contributed by atoms with Crippen LogP contribution in [0.5, 0.6) is 0 Å². The average molecular weight is 451 g/mol. The zero-order chi connectivity index (χ0) is 20.5. The molecule has 0 fully saturated rings. The summed E-state index contributed by atoms with van der Waals surface area (Å²) in [5.41, 5.74) is -0.388. The van der Waals surface area contributed by atoms with Gasteiger partial charge >= 0.3 is 6.18 Å². The van der Waals surface area contributed by atoms with E-state index in [0.29, 0.717) is 28.2 Å². The van der Waals surface area contributed by atoms with E-state index in [0.717, 1.165) is 6.07 Å². The molecule has 1 aromatic heterocycles.